The van der Waals surface area contributed by atoms with Gasteiger partial charge in [0.2, 0.25) is 0 Å². The first-order chi connectivity index (χ1) is 14.7. The Hall–Kier alpha value is -3.47. The molecule has 1 aliphatic heterocycles. The van der Waals surface area contributed by atoms with Gasteiger partial charge in [-0.1, -0.05) is 42.5 Å². The van der Waals surface area contributed by atoms with Crippen LogP contribution in [0.3, 0.4) is 0 Å². The lowest BCUT2D eigenvalue weighted by atomic mass is 9.96. The molecule has 0 unspecified atom stereocenters. The molecule has 0 aliphatic carbocycles. The summed E-state index contributed by atoms with van der Waals surface area (Å²) < 4.78 is 16.5. The standard InChI is InChI=1S/C25H25NO4/c1-28-19-15-22(29-2)24(23(16-19)30-3)18-11-13-26(14-12-18)25(27)21-10-6-8-17-7-4-5-9-20(17)21/h4-11,15-16H,12-14H2,1-3H3. The summed E-state index contributed by atoms with van der Waals surface area (Å²) in [6.07, 6.45) is 2.80. The van der Waals surface area contributed by atoms with Gasteiger partial charge in [0.25, 0.3) is 5.91 Å². The Morgan fingerprint density at radius 2 is 1.60 bits per heavy atom. The van der Waals surface area contributed by atoms with E-state index in [-0.39, 0.29) is 5.91 Å². The molecule has 1 amide bonds. The van der Waals surface area contributed by atoms with Crippen molar-refractivity contribution in [1.82, 2.24) is 4.90 Å². The summed E-state index contributed by atoms with van der Waals surface area (Å²) in [4.78, 5) is 15.1. The van der Waals surface area contributed by atoms with Gasteiger partial charge in [-0.3, -0.25) is 4.79 Å². The van der Waals surface area contributed by atoms with Crippen LogP contribution in [0.4, 0.5) is 0 Å². The van der Waals surface area contributed by atoms with Gasteiger partial charge in [0, 0.05) is 30.8 Å². The molecule has 3 aromatic carbocycles. The van der Waals surface area contributed by atoms with Crippen molar-refractivity contribution < 1.29 is 19.0 Å². The third-order valence-electron chi connectivity index (χ3n) is 5.55. The van der Waals surface area contributed by atoms with E-state index < -0.39 is 0 Å². The van der Waals surface area contributed by atoms with E-state index >= 15 is 0 Å². The van der Waals surface area contributed by atoms with Crippen LogP contribution in [-0.4, -0.2) is 45.2 Å². The normalized spacial score (nSPS) is 13.7. The van der Waals surface area contributed by atoms with E-state index in [4.69, 9.17) is 14.2 Å². The van der Waals surface area contributed by atoms with Crippen molar-refractivity contribution in [2.75, 3.05) is 34.4 Å². The van der Waals surface area contributed by atoms with Crippen molar-refractivity contribution in [3.63, 3.8) is 0 Å². The molecule has 1 aliphatic rings. The molecular weight excluding hydrogens is 378 g/mol. The Kier molecular flexibility index (Phi) is 5.61. The molecule has 4 rings (SSSR count). The first kappa shape index (κ1) is 19.8. The molecule has 5 heteroatoms. The molecule has 0 bridgehead atoms. The fourth-order valence-electron chi connectivity index (χ4n) is 3.99. The summed E-state index contributed by atoms with van der Waals surface area (Å²) >= 11 is 0. The number of fused-ring (bicyclic) bond motifs is 1. The molecule has 154 valence electrons. The van der Waals surface area contributed by atoms with Gasteiger partial charge in [-0.2, -0.15) is 0 Å². The summed E-state index contributed by atoms with van der Waals surface area (Å²) in [5, 5.41) is 2.06. The van der Waals surface area contributed by atoms with E-state index in [0.29, 0.717) is 30.3 Å². The zero-order valence-corrected chi connectivity index (χ0v) is 17.5. The summed E-state index contributed by atoms with van der Waals surface area (Å²) in [5.74, 6) is 2.13. The van der Waals surface area contributed by atoms with Crippen molar-refractivity contribution in [2.24, 2.45) is 0 Å². The smallest absolute Gasteiger partial charge is 0.254 e. The Labute approximate surface area is 176 Å². The van der Waals surface area contributed by atoms with Crippen molar-refractivity contribution in [2.45, 2.75) is 6.42 Å². The van der Waals surface area contributed by atoms with Crippen LogP contribution >= 0.6 is 0 Å². The molecule has 0 saturated heterocycles. The lowest BCUT2D eigenvalue weighted by Gasteiger charge is -2.28. The molecule has 0 atom stereocenters. The van der Waals surface area contributed by atoms with Crippen LogP contribution in [-0.2, 0) is 0 Å². The Bertz CT molecular complexity index is 1090. The SMILES string of the molecule is COc1cc(OC)c(C2=CCN(C(=O)c3cccc4ccccc34)CC2)c(OC)c1. The average Bonchev–Trinajstić information content (AvgIpc) is 2.82. The monoisotopic (exact) mass is 403 g/mol. The molecule has 0 spiro atoms. The van der Waals surface area contributed by atoms with Gasteiger partial charge < -0.3 is 19.1 Å². The maximum absolute atomic E-state index is 13.2. The van der Waals surface area contributed by atoms with Crippen LogP contribution in [0.15, 0.2) is 60.7 Å². The number of hydrogen-bond donors (Lipinski definition) is 0. The molecule has 0 fully saturated rings. The predicted molar refractivity (Wildman–Crippen MR) is 119 cm³/mol. The first-order valence-electron chi connectivity index (χ1n) is 9.92. The van der Waals surface area contributed by atoms with Crippen molar-refractivity contribution in [3.8, 4) is 17.2 Å². The third-order valence-corrected chi connectivity index (χ3v) is 5.55. The number of benzene rings is 3. The van der Waals surface area contributed by atoms with Gasteiger partial charge >= 0.3 is 0 Å². The molecule has 3 aromatic rings. The summed E-state index contributed by atoms with van der Waals surface area (Å²) in [7, 11) is 4.89. The van der Waals surface area contributed by atoms with Gasteiger partial charge in [0.1, 0.15) is 17.2 Å². The molecule has 0 N–H and O–H groups in total. The second kappa shape index (κ2) is 8.49. The third kappa shape index (κ3) is 3.59. The largest absolute Gasteiger partial charge is 0.496 e. The Morgan fingerprint density at radius 3 is 2.23 bits per heavy atom. The highest BCUT2D eigenvalue weighted by Crippen LogP contribution is 2.41. The van der Waals surface area contributed by atoms with Crippen molar-refractivity contribution >= 4 is 22.3 Å². The average molecular weight is 403 g/mol. The second-order valence-electron chi connectivity index (χ2n) is 7.16. The number of carbonyl (C=O) groups is 1. The molecule has 5 nitrogen and oxygen atoms in total. The van der Waals surface area contributed by atoms with E-state index in [9.17, 15) is 4.79 Å². The first-order valence-corrected chi connectivity index (χ1v) is 9.92. The van der Waals surface area contributed by atoms with Crippen LogP contribution in [0.2, 0.25) is 0 Å². The van der Waals surface area contributed by atoms with Crippen LogP contribution in [0.5, 0.6) is 17.2 Å². The quantitative estimate of drug-likeness (QED) is 0.614. The predicted octanol–water partition coefficient (Wildman–Crippen LogP) is 4.80. The highest BCUT2D eigenvalue weighted by molar-refractivity contribution is 6.07. The van der Waals surface area contributed by atoms with Gasteiger partial charge in [0.15, 0.2) is 0 Å². The lowest BCUT2D eigenvalue weighted by Crippen LogP contribution is -2.34. The minimum Gasteiger partial charge on any atom is -0.496 e. The molecule has 0 radical (unpaired) electrons. The van der Waals surface area contributed by atoms with Gasteiger partial charge in [0.05, 0.1) is 26.9 Å². The summed E-state index contributed by atoms with van der Waals surface area (Å²) in [6, 6.07) is 17.6. The van der Waals surface area contributed by atoms with Crippen LogP contribution < -0.4 is 14.2 Å². The molecular formula is C25H25NO4. The minimum atomic E-state index is 0.0516. The second-order valence-corrected chi connectivity index (χ2v) is 7.16. The molecule has 1 heterocycles. The molecule has 0 aromatic heterocycles. The zero-order valence-electron chi connectivity index (χ0n) is 17.5. The van der Waals surface area contributed by atoms with Crippen molar-refractivity contribution in [3.05, 3.63) is 71.8 Å². The van der Waals surface area contributed by atoms with E-state index in [0.717, 1.165) is 33.9 Å². The van der Waals surface area contributed by atoms with E-state index in [1.54, 1.807) is 21.3 Å². The van der Waals surface area contributed by atoms with Crippen LogP contribution in [0.25, 0.3) is 16.3 Å². The van der Waals surface area contributed by atoms with Gasteiger partial charge in [-0.15, -0.1) is 0 Å². The molecule has 30 heavy (non-hydrogen) atoms. The number of hydrogen-bond acceptors (Lipinski definition) is 4. The fourth-order valence-corrected chi connectivity index (χ4v) is 3.99. The summed E-state index contributed by atoms with van der Waals surface area (Å²) in [5.41, 5.74) is 2.76. The van der Waals surface area contributed by atoms with E-state index in [1.165, 1.54) is 0 Å². The molecule has 0 saturated carbocycles. The minimum absolute atomic E-state index is 0.0516. The number of rotatable bonds is 5. The fraction of sp³-hybridized carbons (Fsp3) is 0.240. The van der Waals surface area contributed by atoms with Gasteiger partial charge in [-0.05, 0) is 28.8 Å². The van der Waals surface area contributed by atoms with Crippen LogP contribution in [0, 0.1) is 0 Å². The Morgan fingerprint density at radius 1 is 0.900 bits per heavy atom. The zero-order chi connectivity index (χ0) is 21.1. The van der Waals surface area contributed by atoms with Gasteiger partial charge in [-0.25, -0.2) is 0 Å². The summed E-state index contributed by atoms with van der Waals surface area (Å²) in [6.45, 7) is 1.17. The highest BCUT2D eigenvalue weighted by Gasteiger charge is 2.24. The van der Waals surface area contributed by atoms with Crippen LogP contribution in [0.1, 0.15) is 22.3 Å². The van der Waals surface area contributed by atoms with E-state index in [2.05, 4.69) is 6.08 Å². The number of methoxy groups -OCH3 is 3. The maximum Gasteiger partial charge on any atom is 0.254 e. The number of amides is 1. The Balaban J connectivity index is 1.63. The highest BCUT2D eigenvalue weighted by atomic mass is 16.5. The van der Waals surface area contributed by atoms with E-state index in [1.807, 2.05) is 59.5 Å². The number of ether oxygens (including phenoxy) is 3. The lowest BCUT2D eigenvalue weighted by molar-refractivity contribution is 0.0775. The maximum atomic E-state index is 13.2. The number of nitrogens with zero attached hydrogens (tertiary/aromatic N) is 1. The topological polar surface area (TPSA) is 48.0 Å². The van der Waals surface area contributed by atoms with Crippen molar-refractivity contribution in [1.29, 1.82) is 0 Å². The number of carbonyl (C=O) groups excluding carboxylic acids is 1.